The summed E-state index contributed by atoms with van der Waals surface area (Å²) in [6.07, 6.45) is 1.13. The van der Waals surface area contributed by atoms with Gasteiger partial charge in [0.05, 0.1) is 16.3 Å². The number of benzene rings is 1. The van der Waals surface area contributed by atoms with Crippen LogP contribution in [-0.4, -0.2) is 30.8 Å². The summed E-state index contributed by atoms with van der Waals surface area (Å²) in [5, 5.41) is 13.9. The van der Waals surface area contributed by atoms with Crippen molar-refractivity contribution in [2.75, 3.05) is 25.0 Å². The van der Waals surface area contributed by atoms with E-state index in [1.807, 2.05) is 24.1 Å². The van der Waals surface area contributed by atoms with Crippen LogP contribution in [0.15, 0.2) is 18.2 Å². The van der Waals surface area contributed by atoms with E-state index in [4.69, 9.17) is 11.6 Å². The fourth-order valence-electron chi connectivity index (χ4n) is 2.05. The fraction of sp³-hybridized carbons (Fsp3) is 0.600. The number of nitrogens with one attached hydrogen (secondary N) is 1. The zero-order valence-electron chi connectivity index (χ0n) is 12.3. The van der Waals surface area contributed by atoms with Crippen LogP contribution in [0.1, 0.15) is 32.8 Å². The van der Waals surface area contributed by atoms with Gasteiger partial charge in [-0.25, -0.2) is 0 Å². The number of hydrogen-bond donors (Lipinski definition) is 2. The Labute approximate surface area is 121 Å². The summed E-state index contributed by atoms with van der Waals surface area (Å²) in [5.41, 5.74) is 1.39. The Morgan fingerprint density at radius 2 is 2.05 bits per heavy atom. The van der Waals surface area contributed by atoms with Crippen LogP contribution >= 0.6 is 11.6 Å². The van der Waals surface area contributed by atoms with Crippen molar-refractivity contribution in [2.24, 2.45) is 0 Å². The van der Waals surface area contributed by atoms with Crippen LogP contribution in [0.3, 0.4) is 0 Å². The number of rotatable bonds is 7. The fourth-order valence-corrected chi connectivity index (χ4v) is 2.39. The highest BCUT2D eigenvalue weighted by Crippen LogP contribution is 2.27. The summed E-state index contributed by atoms with van der Waals surface area (Å²) < 4.78 is 0. The largest absolute Gasteiger partial charge is 0.389 e. The molecule has 1 aromatic carbocycles. The molecule has 0 aliphatic rings. The molecule has 0 atom stereocenters. The minimum atomic E-state index is -0.737. The van der Waals surface area contributed by atoms with E-state index in [0.717, 1.165) is 30.2 Å². The second-order valence-corrected chi connectivity index (χ2v) is 6.04. The van der Waals surface area contributed by atoms with Gasteiger partial charge in [-0.2, -0.15) is 0 Å². The Balaban J connectivity index is 2.71. The van der Waals surface area contributed by atoms with Crippen LogP contribution in [0.25, 0.3) is 0 Å². The Kier molecular flexibility index (Phi) is 6.11. The summed E-state index contributed by atoms with van der Waals surface area (Å²) in [6.45, 7) is 8.12. The average molecular weight is 285 g/mol. The highest BCUT2D eigenvalue weighted by atomic mass is 35.5. The first kappa shape index (κ1) is 16.3. The number of nitrogens with zero attached hydrogens (tertiary/aromatic N) is 1. The molecule has 1 rings (SSSR count). The van der Waals surface area contributed by atoms with Crippen molar-refractivity contribution < 1.29 is 5.11 Å². The first-order chi connectivity index (χ1) is 8.83. The molecule has 1 aromatic rings. The highest BCUT2D eigenvalue weighted by molar-refractivity contribution is 6.33. The quantitative estimate of drug-likeness (QED) is 0.756. The van der Waals surface area contributed by atoms with Crippen molar-refractivity contribution in [3.05, 3.63) is 28.8 Å². The predicted octanol–water partition coefficient (Wildman–Crippen LogP) is 3.05. The maximum Gasteiger partial charge on any atom is 0.0765 e. The molecule has 0 saturated heterocycles. The zero-order valence-corrected chi connectivity index (χ0v) is 13.1. The molecule has 19 heavy (non-hydrogen) atoms. The SMILES string of the molecule is CCCNCc1ccc(N(C)CC(C)(C)O)c(Cl)c1. The molecule has 0 spiro atoms. The normalized spacial score (nSPS) is 11.7. The van der Waals surface area contributed by atoms with Gasteiger partial charge >= 0.3 is 0 Å². The lowest BCUT2D eigenvalue weighted by Crippen LogP contribution is -2.36. The van der Waals surface area contributed by atoms with E-state index in [2.05, 4.69) is 18.3 Å². The molecule has 0 heterocycles. The van der Waals surface area contributed by atoms with Gasteiger partial charge in [-0.3, -0.25) is 0 Å². The predicted molar refractivity (Wildman–Crippen MR) is 83.0 cm³/mol. The minimum absolute atomic E-state index is 0.542. The Morgan fingerprint density at radius 1 is 1.37 bits per heavy atom. The molecular weight excluding hydrogens is 260 g/mol. The molecule has 2 N–H and O–H groups in total. The van der Waals surface area contributed by atoms with E-state index in [0.29, 0.717) is 6.54 Å². The Bertz CT molecular complexity index is 402. The first-order valence-electron chi connectivity index (χ1n) is 6.76. The van der Waals surface area contributed by atoms with Crippen molar-refractivity contribution in [1.82, 2.24) is 5.32 Å². The first-order valence-corrected chi connectivity index (χ1v) is 7.14. The van der Waals surface area contributed by atoms with Gasteiger partial charge in [0.25, 0.3) is 0 Å². The maximum atomic E-state index is 9.84. The molecule has 0 saturated carbocycles. The van der Waals surface area contributed by atoms with Gasteiger partial charge in [0.1, 0.15) is 0 Å². The molecule has 0 aromatic heterocycles. The third-order valence-electron chi connectivity index (χ3n) is 2.80. The van der Waals surface area contributed by atoms with Gasteiger partial charge in [-0.1, -0.05) is 24.6 Å². The van der Waals surface area contributed by atoms with Gasteiger partial charge < -0.3 is 15.3 Å². The summed E-state index contributed by atoms with van der Waals surface area (Å²) in [4.78, 5) is 1.98. The lowest BCUT2D eigenvalue weighted by Gasteiger charge is -2.28. The second kappa shape index (κ2) is 7.13. The molecule has 0 aliphatic carbocycles. The van der Waals surface area contributed by atoms with E-state index in [9.17, 15) is 5.11 Å². The molecule has 0 unspecified atom stereocenters. The average Bonchev–Trinajstić information content (AvgIpc) is 2.27. The van der Waals surface area contributed by atoms with Crippen molar-refractivity contribution in [2.45, 2.75) is 39.3 Å². The monoisotopic (exact) mass is 284 g/mol. The molecule has 0 radical (unpaired) electrons. The van der Waals surface area contributed by atoms with Crippen molar-refractivity contribution >= 4 is 17.3 Å². The van der Waals surface area contributed by atoms with Crippen molar-refractivity contribution in [3.8, 4) is 0 Å². The number of halogens is 1. The topological polar surface area (TPSA) is 35.5 Å². The molecule has 0 aliphatic heterocycles. The summed E-state index contributed by atoms with van der Waals surface area (Å²) in [6, 6.07) is 6.07. The van der Waals surface area contributed by atoms with Crippen LogP contribution in [-0.2, 0) is 6.54 Å². The molecule has 0 amide bonds. The van der Waals surface area contributed by atoms with Crippen molar-refractivity contribution in [1.29, 1.82) is 0 Å². The third-order valence-corrected chi connectivity index (χ3v) is 3.11. The lowest BCUT2D eigenvalue weighted by atomic mass is 10.1. The molecule has 4 heteroatoms. The molecule has 3 nitrogen and oxygen atoms in total. The van der Waals surface area contributed by atoms with E-state index in [1.54, 1.807) is 13.8 Å². The van der Waals surface area contributed by atoms with Gasteiger partial charge in [0.15, 0.2) is 0 Å². The zero-order chi connectivity index (χ0) is 14.5. The number of anilines is 1. The van der Waals surface area contributed by atoms with E-state index in [1.165, 1.54) is 5.56 Å². The van der Waals surface area contributed by atoms with Crippen LogP contribution in [0.2, 0.25) is 5.02 Å². The third kappa shape index (κ3) is 5.81. The Hall–Kier alpha value is -0.770. The van der Waals surface area contributed by atoms with Gasteiger partial charge in [0, 0.05) is 20.1 Å². The highest BCUT2D eigenvalue weighted by Gasteiger charge is 2.17. The van der Waals surface area contributed by atoms with Crippen LogP contribution < -0.4 is 10.2 Å². The molecule has 0 fully saturated rings. The summed E-state index contributed by atoms with van der Waals surface area (Å²) in [7, 11) is 1.94. The molecular formula is C15H25ClN2O. The standard InChI is InChI=1S/C15H25ClN2O/c1-5-8-17-10-12-6-7-14(13(16)9-12)18(4)11-15(2,3)19/h6-7,9,17,19H,5,8,10-11H2,1-4H3. The summed E-state index contributed by atoms with van der Waals surface area (Å²) in [5.74, 6) is 0. The van der Waals surface area contributed by atoms with Crippen LogP contribution in [0, 0.1) is 0 Å². The minimum Gasteiger partial charge on any atom is -0.389 e. The lowest BCUT2D eigenvalue weighted by molar-refractivity contribution is 0.0886. The van der Waals surface area contributed by atoms with Gasteiger partial charge in [-0.05, 0) is 44.5 Å². The smallest absolute Gasteiger partial charge is 0.0765 e. The van der Waals surface area contributed by atoms with Crippen LogP contribution in [0.5, 0.6) is 0 Å². The molecule has 0 bridgehead atoms. The number of aliphatic hydroxyl groups is 1. The number of hydrogen-bond acceptors (Lipinski definition) is 3. The van der Waals surface area contributed by atoms with E-state index >= 15 is 0 Å². The Morgan fingerprint density at radius 3 is 2.58 bits per heavy atom. The van der Waals surface area contributed by atoms with Crippen LogP contribution in [0.4, 0.5) is 5.69 Å². The summed E-state index contributed by atoms with van der Waals surface area (Å²) >= 11 is 6.31. The van der Waals surface area contributed by atoms with Gasteiger partial charge in [0.2, 0.25) is 0 Å². The maximum absolute atomic E-state index is 9.84. The van der Waals surface area contributed by atoms with Crippen molar-refractivity contribution in [3.63, 3.8) is 0 Å². The van der Waals surface area contributed by atoms with E-state index < -0.39 is 5.60 Å². The second-order valence-electron chi connectivity index (χ2n) is 5.63. The molecule has 108 valence electrons. The number of likely N-dealkylation sites (N-methyl/N-ethyl adjacent to an activating group) is 1. The van der Waals surface area contributed by atoms with E-state index in [-0.39, 0.29) is 0 Å². The van der Waals surface area contributed by atoms with Gasteiger partial charge in [-0.15, -0.1) is 0 Å².